The molecule has 0 radical (unpaired) electrons. The minimum absolute atomic E-state index is 0.105. The van der Waals surface area contributed by atoms with E-state index in [0.29, 0.717) is 17.0 Å². The number of carboxylic acids is 1. The molecule has 110 valence electrons. The number of ether oxygens (including phenoxy) is 1. The first-order chi connectivity index (χ1) is 10.1. The van der Waals surface area contributed by atoms with Gasteiger partial charge in [-0.25, -0.2) is 0 Å². The lowest BCUT2D eigenvalue weighted by molar-refractivity contribution is -0.136. The molecule has 0 unspecified atom stereocenters. The van der Waals surface area contributed by atoms with E-state index < -0.39 is 11.9 Å². The van der Waals surface area contributed by atoms with Gasteiger partial charge in [0.1, 0.15) is 6.61 Å². The third kappa shape index (κ3) is 4.15. The van der Waals surface area contributed by atoms with Crippen LogP contribution in [0.3, 0.4) is 0 Å². The maximum Gasteiger partial charge on any atom is 0.307 e. The van der Waals surface area contributed by atoms with E-state index in [2.05, 4.69) is 10.5 Å². The van der Waals surface area contributed by atoms with Gasteiger partial charge in [-0.05, 0) is 17.7 Å². The number of hydrogen-bond donors (Lipinski definition) is 2. The van der Waals surface area contributed by atoms with Crippen molar-refractivity contribution in [2.75, 3.05) is 12.4 Å². The van der Waals surface area contributed by atoms with Gasteiger partial charge < -0.3 is 19.7 Å². The van der Waals surface area contributed by atoms with Crippen molar-refractivity contribution in [2.45, 2.75) is 13.0 Å². The molecule has 0 saturated heterocycles. The molecule has 1 aromatic carbocycles. The molecule has 0 spiro atoms. The first-order valence-electron chi connectivity index (χ1n) is 6.15. The molecular weight excluding hydrogens is 276 g/mol. The quantitative estimate of drug-likeness (QED) is 0.839. The van der Waals surface area contributed by atoms with Gasteiger partial charge in [0.05, 0.1) is 6.42 Å². The van der Waals surface area contributed by atoms with Crippen LogP contribution < -0.4 is 5.32 Å². The fourth-order valence-corrected chi connectivity index (χ4v) is 1.76. The molecule has 0 bridgehead atoms. The van der Waals surface area contributed by atoms with Gasteiger partial charge in [-0.3, -0.25) is 9.59 Å². The number of hydrogen-bond acceptors (Lipinski definition) is 5. The Labute approximate surface area is 120 Å². The van der Waals surface area contributed by atoms with Gasteiger partial charge in [0.2, 0.25) is 0 Å². The zero-order chi connectivity index (χ0) is 15.2. The van der Waals surface area contributed by atoms with Crippen molar-refractivity contribution in [3.8, 4) is 0 Å². The monoisotopic (exact) mass is 290 g/mol. The Bertz CT molecular complexity index is 650. The van der Waals surface area contributed by atoms with Crippen molar-refractivity contribution in [2.24, 2.45) is 0 Å². The minimum atomic E-state index is -0.931. The molecule has 0 fully saturated rings. The Balaban J connectivity index is 2.06. The number of carbonyl (C=O) groups is 2. The highest BCUT2D eigenvalue weighted by molar-refractivity contribution is 6.02. The number of aromatic nitrogens is 1. The lowest BCUT2D eigenvalue weighted by Crippen LogP contribution is -2.12. The summed E-state index contributed by atoms with van der Waals surface area (Å²) in [6, 6.07) is 8.10. The second-order valence-corrected chi connectivity index (χ2v) is 4.34. The maximum atomic E-state index is 12.0. The normalized spacial score (nSPS) is 10.3. The van der Waals surface area contributed by atoms with Crippen LogP contribution in [0.4, 0.5) is 5.69 Å². The van der Waals surface area contributed by atoms with E-state index in [9.17, 15) is 9.59 Å². The van der Waals surface area contributed by atoms with E-state index in [1.165, 1.54) is 13.2 Å². The predicted molar refractivity (Wildman–Crippen MR) is 73.0 cm³/mol. The fourth-order valence-electron chi connectivity index (χ4n) is 1.76. The number of benzene rings is 1. The number of carbonyl (C=O) groups excluding carboxylic acids is 1. The SMILES string of the molecule is COCc1cc(C(=O)Nc2cccc(CC(=O)O)c2)no1. The summed E-state index contributed by atoms with van der Waals surface area (Å²) in [4.78, 5) is 22.6. The Kier molecular flexibility index (Phi) is 4.68. The number of aliphatic carboxylic acids is 1. The summed E-state index contributed by atoms with van der Waals surface area (Å²) >= 11 is 0. The molecule has 1 amide bonds. The highest BCUT2D eigenvalue weighted by atomic mass is 16.5. The van der Waals surface area contributed by atoms with E-state index in [0.717, 1.165) is 0 Å². The van der Waals surface area contributed by atoms with Crippen LogP contribution in [-0.4, -0.2) is 29.2 Å². The molecule has 7 heteroatoms. The summed E-state index contributed by atoms with van der Waals surface area (Å²) in [6.45, 7) is 0.231. The summed E-state index contributed by atoms with van der Waals surface area (Å²) in [5.41, 5.74) is 1.22. The third-order valence-corrected chi connectivity index (χ3v) is 2.62. The smallest absolute Gasteiger partial charge is 0.307 e. The number of methoxy groups -OCH3 is 1. The van der Waals surface area contributed by atoms with Crippen molar-refractivity contribution < 1.29 is 24.0 Å². The summed E-state index contributed by atoms with van der Waals surface area (Å²) in [6.07, 6.45) is -0.105. The molecule has 0 aliphatic rings. The maximum absolute atomic E-state index is 12.0. The number of nitrogens with zero attached hydrogens (tertiary/aromatic N) is 1. The Morgan fingerprint density at radius 3 is 2.90 bits per heavy atom. The van der Waals surface area contributed by atoms with E-state index in [1.54, 1.807) is 24.3 Å². The molecule has 21 heavy (non-hydrogen) atoms. The van der Waals surface area contributed by atoms with Crippen LogP contribution in [-0.2, 0) is 22.6 Å². The molecule has 0 atom stereocenters. The van der Waals surface area contributed by atoms with Gasteiger partial charge >= 0.3 is 5.97 Å². The van der Waals surface area contributed by atoms with Crippen molar-refractivity contribution in [1.29, 1.82) is 0 Å². The summed E-state index contributed by atoms with van der Waals surface area (Å²) in [7, 11) is 1.51. The topological polar surface area (TPSA) is 102 Å². The first kappa shape index (κ1) is 14.7. The van der Waals surface area contributed by atoms with E-state index in [-0.39, 0.29) is 18.7 Å². The molecule has 2 rings (SSSR count). The number of anilines is 1. The predicted octanol–water partition coefficient (Wildman–Crippen LogP) is 1.70. The van der Waals surface area contributed by atoms with Gasteiger partial charge in [-0.15, -0.1) is 0 Å². The number of rotatable bonds is 6. The minimum Gasteiger partial charge on any atom is -0.481 e. The van der Waals surface area contributed by atoms with Gasteiger partial charge in [0, 0.05) is 18.9 Å². The summed E-state index contributed by atoms with van der Waals surface area (Å²) in [5, 5.41) is 15.0. The molecule has 7 nitrogen and oxygen atoms in total. The molecule has 1 aromatic heterocycles. The first-order valence-corrected chi connectivity index (χ1v) is 6.15. The van der Waals surface area contributed by atoms with Gasteiger partial charge in [0.15, 0.2) is 11.5 Å². The average molecular weight is 290 g/mol. The summed E-state index contributed by atoms with van der Waals surface area (Å²) in [5.74, 6) is -0.921. The lowest BCUT2D eigenvalue weighted by Gasteiger charge is -2.04. The zero-order valence-corrected chi connectivity index (χ0v) is 11.3. The third-order valence-electron chi connectivity index (χ3n) is 2.62. The Morgan fingerprint density at radius 1 is 1.38 bits per heavy atom. The van der Waals surface area contributed by atoms with E-state index in [1.807, 2.05) is 0 Å². The highest BCUT2D eigenvalue weighted by Crippen LogP contribution is 2.13. The van der Waals surface area contributed by atoms with E-state index in [4.69, 9.17) is 14.4 Å². The van der Waals surface area contributed by atoms with Crippen LogP contribution in [0.15, 0.2) is 34.9 Å². The van der Waals surface area contributed by atoms with Crippen LogP contribution in [0.25, 0.3) is 0 Å². The zero-order valence-electron chi connectivity index (χ0n) is 11.3. The van der Waals surface area contributed by atoms with E-state index >= 15 is 0 Å². The van der Waals surface area contributed by atoms with Crippen LogP contribution in [0.2, 0.25) is 0 Å². The second-order valence-electron chi connectivity index (χ2n) is 4.34. The largest absolute Gasteiger partial charge is 0.481 e. The molecule has 0 aliphatic carbocycles. The Hall–Kier alpha value is -2.67. The van der Waals surface area contributed by atoms with Gasteiger partial charge in [0.25, 0.3) is 5.91 Å². The highest BCUT2D eigenvalue weighted by Gasteiger charge is 2.13. The molecule has 2 N–H and O–H groups in total. The van der Waals surface area contributed by atoms with Crippen LogP contribution in [0.1, 0.15) is 21.8 Å². The van der Waals surface area contributed by atoms with Crippen molar-refractivity contribution in [3.63, 3.8) is 0 Å². The van der Waals surface area contributed by atoms with Gasteiger partial charge in [-0.2, -0.15) is 0 Å². The molecule has 2 aromatic rings. The number of nitrogens with one attached hydrogen (secondary N) is 1. The number of carboxylic acid groups (broad SMARTS) is 1. The Morgan fingerprint density at radius 2 is 2.19 bits per heavy atom. The summed E-state index contributed by atoms with van der Waals surface area (Å²) < 4.78 is 9.80. The van der Waals surface area contributed by atoms with Crippen molar-refractivity contribution in [3.05, 3.63) is 47.3 Å². The van der Waals surface area contributed by atoms with Crippen LogP contribution in [0.5, 0.6) is 0 Å². The van der Waals surface area contributed by atoms with Gasteiger partial charge in [-0.1, -0.05) is 17.3 Å². The molecule has 0 aliphatic heterocycles. The van der Waals surface area contributed by atoms with Crippen molar-refractivity contribution in [1.82, 2.24) is 5.16 Å². The number of amides is 1. The second kappa shape index (κ2) is 6.67. The standard InChI is InChI=1S/C14H14N2O5/c1-20-8-11-7-12(16-21-11)14(19)15-10-4-2-3-9(5-10)6-13(17)18/h2-5,7H,6,8H2,1H3,(H,15,19)(H,17,18). The average Bonchev–Trinajstić information content (AvgIpc) is 2.87. The molecule has 1 heterocycles. The molecular formula is C14H14N2O5. The van der Waals surface area contributed by atoms with Crippen LogP contribution in [0, 0.1) is 0 Å². The lowest BCUT2D eigenvalue weighted by atomic mass is 10.1. The van der Waals surface area contributed by atoms with Crippen LogP contribution >= 0.6 is 0 Å². The molecule has 0 saturated carbocycles. The van der Waals surface area contributed by atoms with Crippen molar-refractivity contribution >= 4 is 17.6 Å². The fraction of sp³-hybridized carbons (Fsp3) is 0.214.